The van der Waals surface area contributed by atoms with Crippen molar-refractivity contribution >= 4 is 18.3 Å². The van der Waals surface area contributed by atoms with Crippen LogP contribution < -0.4 is 10.6 Å². The molecule has 1 aliphatic rings. The first-order valence-corrected chi connectivity index (χ1v) is 7.56. The van der Waals surface area contributed by atoms with Crippen molar-refractivity contribution in [1.82, 2.24) is 15.5 Å². The van der Waals surface area contributed by atoms with Gasteiger partial charge < -0.3 is 10.6 Å². The first-order chi connectivity index (χ1) is 11.6. The number of nitrogens with zero attached hydrogens (tertiary/aromatic N) is 1. The zero-order valence-electron chi connectivity index (χ0n) is 13.5. The Labute approximate surface area is 152 Å². The largest absolute Gasteiger partial charge is 0.416 e. The predicted molar refractivity (Wildman–Crippen MR) is 85.3 cm³/mol. The number of alkyl halides is 6. The summed E-state index contributed by atoms with van der Waals surface area (Å²) >= 11 is 0. The van der Waals surface area contributed by atoms with Gasteiger partial charge in [0.25, 0.3) is 5.91 Å². The van der Waals surface area contributed by atoms with Crippen LogP contribution in [0.2, 0.25) is 0 Å². The summed E-state index contributed by atoms with van der Waals surface area (Å²) in [5.41, 5.74) is -1.37. The molecule has 26 heavy (non-hydrogen) atoms. The molecule has 148 valence electrons. The molecule has 4 nitrogen and oxygen atoms in total. The van der Waals surface area contributed by atoms with Gasteiger partial charge in [-0.25, -0.2) is 0 Å². The van der Waals surface area contributed by atoms with Crippen LogP contribution in [0.5, 0.6) is 0 Å². The number of halogens is 7. The first kappa shape index (κ1) is 22.5. The number of amides is 1. The summed E-state index contributed by atoms with van der Waals surface area (Å²) in [6, 6.07) is 1.68. The van der Waals surface area contributed by atoms with E-state index in [4.69, 9.17) is 0 Å². The molecule has 0 bridgehead atoms. The standard InChI is InChI=1S/C15H17F6N3O.ClH/c16-14(17,18)11-3-1-2-10(8-11)13(25)23-9-12(15(19,20)21)24-6-4-22-5-7-24;/h1-3,8,12,22H,4-7,9H2,(H,23,25);1H. The molecule has 0 radical (unpaired) electrons. The predicted octanol–water partition coefficient (Wildman–Crippen LogP) is 2.69. The van der Waals surface area contributed by atoms with Crippen molar-refractivity contribution in [3.05, 3.63) is 35.4 Å². The maximum atomic E-state index is 13.2. The van der Waals surface area contributed by atoms with Crippen LogP contribution in [-0.2, 0) is 6.18 Å². The van der Waals surface area contributed by atoms with Crippen LogP contribution in [0.1, 0.15) is 15.9 Å². The number of rotatable bonds is 4. The van der Waals surface area contributed by atoms with Gasteiger partial charge in [-0.2, -0.15) is 26.3 Å². The van der Waals surface area contributed by atoms with E-state index in [2.05, 4.69) is 10.6 Å². The van der Waals surface area contributed by atoms with Gasteiger partial charge in [-0.15, -0.1) is 12.4 Å². The van der Waals surface area contributed by atoms with Crippen molar-refractivity contribution in [3.8, 4) is 0 Å². The molecule has 0 saturated carbocycles. The number of hydrogen-bond donors (Lipinski definition) is 2. The quantitative estimate of drug-likeness (QED) is 0.757. The van der Waals surface area contributed by atoms with Gasteiger partial charge in [0.15, 0.2) is 0 Å². The molecule has 2 rings (SSSR count). The number of benzene rings is 1. The first-order valence-electron chi connectivity index (χ1n) is 7.56. The minimum atomic E-state index is -4.63. The summed E-state index contributed by atoms with van der Waals surface area (Å²) in [6.07, 6.45) is -9.19. The van der Waals surface area contributed by atoms with Crippen LogP contribution >= 0.6 is 12.4 Å². The Hall–Kier alpha value is -1.52. The molecule has 1 heterocycles. The molecule has 0 aliphatic carbocycles. The fourth-order valence-corrected chi connectivity index (χ4v) is 2.57. The average molecular weight is 406 g/mol. The molecule has 2 N–H and O–H groups in total. The number of piperazine rings is 1. The molecule has 0 aromatic heterocycles. The second kappa shape index (κ2) is 8.92. The minimum Gasteiger partial charge on any atom is -0.350 e. The highest BCUT2D eigenvalue weighted by Crippen LogP contribution is 2.29. The monoisotopic (exact) mass is 405 g/mol. The lowest BCUT2D eigenvalue weighted by Gasteiger charge is -2.35. The Kier molecular flexibility index (Phi) is 7.72. The highest BCUT2D eigenvalue weighted by molar-refractivity contribution is 5.94. The van der Waals surface area contributed by atoms with Crippen LogP contribution in [-0.4, -0.2) is 55.7 Å². The summed E-state index contributed by atoms with van der Waals surface area (Å²) in [5.74, 6) is -0.976. The molecular weight excluding hydrogens is 388 g/mol. The topological polar surface area (TPSA) is 44.4 Å². The normalized spacial score (nSPS) is 17.3. The SMILES string of the molecule is Cl.O=C(NCC(N1CCNCC1)C(F)(F)F)c1cccc(C(F)(F)F)c1. The summed E-state index contributed by atoms with van der Waals surface area (Å²) in [7, 11) is 0. The Bertz CT molecular complexity index is 602. The van der Waals surface area contributed by atoms with E-state index in [1.807, 2.05) is 0 Å². The Morgan fingerprint density at radius 2 is 1.77 bits per heavy atom. The van der Waals surface area contributed by atoms with Crippen LogP contribution in [0.25, 0.3) is 0 Å². The van der Waals surface area contributed by atoms with Crippen LogP contribution in [0.3, 0.4) is 0 Å². The maximum absolute atomic E-state index is 13.2. The van der Waals surface area contributed by atoms with E-state index in [0.29, 0.717) is 19.2 Å². The molecule has 1 aromatic rings. The fraction of sp³-hybridized carbons (Fsp3) is 0.533. The Morgan fingerprint density at radius 3 is 2.31 bits per heavy atom. The third kappa shape index (κ3) is 6.03. The lowest BCUT2D eigenvalue weighted by molar-refractivity contribution is -0.183. The van der Waals surface area contributed by atoms with E-state index >= 15 is 0 Å². The van der Waals surface area contributed by atoms with Crippen molar-refractivity contribution < 1.29 is 31.1 Å². The third-order valence-electron chi connectivity index (χ3n) is 3.88. The molecule has 0 spiro atoms. The van der Waals surface area contributed by atoms with Crippen molar-refractivity contribution in [2.45, 2.75) is 18.4 Å². The molecule has 1 aromatic carbocycles. The van der Waals surface area contributed by atoms with Crippen molar-refractivity contribution in [2.75, 3.05) is 32.7 Å². The van der Waals surface area contributed by atoms with Crippen LogP contribution in [0.15, 0.2) is 24.3 Å². The van der Waals surface area contributed by atoms with Gasteiger partial charge >= 0.3 is 12.4 Å². The number of hydrogen-bond acceptors (Lipinski definition) is 3. The smallest absolute Gasteiger partial charge is 0.350 e. The average Bonchev–Trinajstić information content (AvgIpc) is 2.54. The summed E-state index contributed by atoms with van der Waals surface area (Å²) < 4.78 is 77.6. The van der Waals surface area contributed by atoms with Crippen molar-refractivity contribution in [1.29, 1.82) is 0 Å². The van der Waals surface area contributed by atoms with Crippen LogP contribution in [0, 0.1) is 0 Å². The van der Waals surface area contributed by atoms with E-state index < -0.39 is 36.4 Å². The van der Waals surface area contributed by atoms with Gasteiger partial charge in [-0.1, -0.05) is 6.07 Å². The molecule has 1 unspecified atom stereocenters. The van der Waals surface area contributed by atoms with Crippen molar-refractivity contribution in [3.63, 3.8) is 0 Å². The number of carbonyl (C=O) groups is 1. The molecular formula is C15H18ClF6N3O. The lowest BCUT2D eigenvalue weighted by atomic mass is 10.1. The molecule has 1 amide bonds. The summed E-state index contributed by atoms with van der Waals surface area (Å²) in [5, 5.41) is 5.02. The van der Waals surface area contributed by atoms with Gasteiger partial charge in [0.2, 0.25) is 0 Å². The molecule has 11 heteroatoms. The zero-order valence-corrected chi connectivity index (χ0v) is 14.3. The number of nitrogens with one attached hydrogen (secondary N) is 2. The molecule has 1 aliphatic heterocycles. The van der Waals surface area contributed by atoms with E-state index in [-0.39, 0.29) is 31.1 Å². The van der Waals surface area contributed by atoms with E-state index in [1.54, 1.807) is 0 Å². The maximum Gasteiger partial charge on any atom is 0.416 e. The zero-order chi connectivity index (χ0) is 18.7. The Morgan fingerprint density at radius 1 is 1.15 bits per heavy atom. The number of carbonyl (C=O) groups excluding carboxylic acids is 1. The van der Waals surface area contributed by atoms with Gasteiger partial charge in [0, 0.05) is 38.3 Å². The molecule has 1 fully saturated rings. The minimum absolute atomic E-state index is 0. The van der Waals surface area contributed by atoms with Gasteiger partial charge in [0.05, 0.1) is 5.56 Å². The highest BCUT2D eigenvalue weighted by Gasteiger charge is 2.43. The fourth-order valence-electron chi connectivity index (χ4n) is 2.57. The summed E-state index contributed by atoms with van der Waals surface area (Å²) in [6.45, 7) is 0.411. The third-order valence-corrected chi connectivity index (χ3v) is 3.88. The van der Waals surface area contributed by atoms with Crippen LogP contribution in [0.4, 0.5) is 26.3 Å². The molecule has 1 atom stereocenters. The van der Waals surface area contributed by atoms with Gasteiger partial charge in [-0.05, 0) is 18.2 Å². The van der Waals surface area contributed by atoms with Gasteiger partial charge in [0.1, 0.15) is 6.04 Å². The van der Waals surface area contributed by atoms with Crippen molar-refractivity contribution in [2.24, 2.45) is 0 Å². The summed E-state index contributed by atoms with van der Waals surface area (Å²) in [4.78, 5) is 13.2. The van der Waals surface area contributed by atoms with Gasteiger partial charge in [-0.3, -0.25) is 9.69 Å². The lowest BCUT2D eigenvalue weighted by Crippen LogP contribution is -2.57. The van der Waals surface area contributed by atoms with E-state index in [1.165, 1.54) is 4.90 Å². The second-order valence-electron chi connectivity index (χ2n) is 5.63. The van der Waals surface area contributed by atoms with E-state index in [0.717, 1.165) is 18.2 Å². The highest BCUT2D eigenvalue weighted by atomic mass is 35.5. The Balaban J connectivity index is 0.00000338. The van der Waals surface area contributed by atoms with E-state index in [9.17, 15) is 31.1 Å². The molecule has 1 saturated heterocycles. The second-order valence-corrected chi connectivity index (χ2v) is 5.63.